The van der Waals surface area contributed by atoms with E-state index in [2.05, 4.69) is 0 Å². The van der Waals surface area contributed by atoms with E-state index in [4.69, 9.17) is 25.8 Å². The first-order valence-corrected chi connectivity index (χ1v) is 9.11. The van der Waals surface area contributed by atoms with E-state index in [0.717, 1.165) is 5.75 Å². The van der Waals surface area contributed by atoms with Gasteiger partial charge in [-0.05, 0) is 31.2 Å². The normalized spacial score (nSPS) is 19.9. The predicted molar refractivity (Wildman–Crippen MR) is 92.7 cm³/mol. The Labute approximate surface area is 150 Å². The van der Waals surface area contributed by atoms with E-state index in [1.807, 2.05) is 0 Å². The number of carbonyl (C=O) groups is 2. The second kappa shape index (κ2) is 9.03. The third-order valence-electron chi connectivity index (χ3n) is 3.51. The molecule has 132 valence electrons. The summed E-state index contributed by atoms with van der Waals surface area (Å²) in [6, 6.07) is 6.54. The van der Waals surface area contributed by atoms with Crippen molar-refractivity contribution in [2.24, 2.45) is 0 Å². The van der Waals surface area contributed by atoms with Crippen LogP contribution in [0.5, 0.6) is 11.5 Å². The van der Waals surface area contributed by atoms with Crippen LogP contribution in [0.2, 0.25) is 0 Å². The fourth-order valence-electron chi connectivity index (χ4n) is 2.35. The number of methoxy groups -OCH3 is 1. The summed E-state index contributed by atoms with van der Waals surface area (Å²) in [4.78, 5) is 25.6. The van der Waals surface area contributed by atoms with E-state index in [9.17, 15) is 9.59 Å². The number of nitrogens with zero attached hydrogens (tertiary/aromatic N) is 1. The minimum Gasteiger partial charge on any atom is -0.497 e. The van der Waals surface area contributed by atoms with Gasteiger partial charge in [0.2, 0.25) is 5.91 Å². The van der Waals surface area contributed by atoms with Crippen molar-refractivity contribution < 1.29 is 23.8 Å². The first-order valence-electron chi connectivity index (χ1n) is 7.53. The van der Waals surface area contributed by atoms with Gasteiger partial charge in [-0.1, -0.05) is 0 Å². The Morgan fingerprint density at radius 1 is 1.29 bits per heavy atom. The maximum absolute atomic E-state index is 12.1. The van der Waals surface area contributed by atoms with Crippen molar-refractivity contribution >= 4 is 35.2 Å². The van der Waals surface area contributed by atoms with Crippen LogP contribution < -0.4 is 9.47 Å². The van der Waals surface area contributed by atoms with E-state index in [1.165, 1.54) is 16.7 Å². The number of thioether (sulfide) groups is 1. The second-order valence-corrected chi connectivity index (χ2v) is 6.46. The summed E-state index contributed by atoms with van der Waals surface area (Å²) < 4.78 is 15.9. The lowest BCUT2D eigenvalue weighted by atomic mass is 10.2. The molecule has 1 aromatic carbocycles. The molecule has 0 bridgehead atoms. The molecule has 1 aromatic rings. The molecule has 2 unspecified atom stereocenters. The molecule has 8 heteroatoms. The van der Waals surface area contributed by atoms with Gasteiger partial charge in [0.05, 0.1) is 13.7 Å². The van der Waals surface area contributed by atoms with Crippen LogP contribution in [0.4, 0.5) is 0 Å². The average molecular weight is 374 g/mol. The van der Waals surface area contributed by atoms with Gasteiger partial charge in [-0.15, -0.1) is 23.4 Å². The first kappa shape index (κ1) is 18.7. The van der Waals surface area contributed by atoms with Crippen molar-refractivity contribution in [2.75, 3.05) is 32.0 Å². The standard InChI is InChI=1S/C16H20ClNO5S/c1-3-22-16(20)13-10-24-15(18(13)14(19)8-17)9-23-12-6-4-11(21-2)5-7-12/h4-7,13,15H,3,8-10H2,1-2H3. The number of alkyl halides is 1. The highest BCUT2D eigenvalue weighted by Crippen LogP contribution is 2.31. The average Bonchev–Trinajstić information content (AvgIpc) is 3.04. The number of ether oxygens (including phenoxy) is 3. The topological polar surface area (TPSA) is 65.1 Å². The summed E-state index contributed by atoms with van der Waals surface area (Å²) in [5, 5.41) is -0.284. The van der Waals surface area contributed by atoms with Gasteiger partial charge >= 0.3 is 5.97 Å². The molecule has 2 atom stereocenters. The summed E-state index contributed by atoms with van der Waals surface area (Å²) in [6.45, 7) is 2.27. The molecular formula is C16H20ClNO5S. The van der Waals surface area contributed by atoms with Crippen LogP contribution in [-0.2, 0) is 14.3 Å². The fraction of sp³-hybridized carbons (Fsp3) is 0.500. The number of carbonyl (C=O) groups excluding carboxylic acids is 2. The number of rotatable bonds is 7. The van der Waals surface area contributed by atoms with Crippen LogP contribution in [-0.4, -0.2) is 60.1 Å². The Balaban J connectivity index is 2.01. The highest BCUT2D eigenvalue weighted by atomic mass is 35.5. The minimum atomic E-state index is -0.620. The molecule has 0 spiro atoms. The Bertz CT molecular complexity index is 568. The van der Waals surface area contributed by atoms with Gasteiger partial charge in [0.1, 0.15) is 35.4 Å². The fourth-order valence-corrected chi connectivity index (χ4v) is 3.78. The van der Waals surface area contributed by atoms with Crippen LogP contribution in [0.15, 0.2) is 24.3 Å². The molecule has 2 rings (SSSR count). The van der Waals surface area contributed by atoms with Gasteiger partial charge in [0.15, 0.2) is 0 Å². The summed E-state index contributed by atoms with van der Waals surface area (Å²) in [7, 11) is 1.59. The third kappa shape index (κ3) is 4.48. The lowest BCUT2D eigenvalue weighted by molar-refractivity contribution is -0.153. The Morgan fingerprint density at radius 3 is 2.54 bits per heavy atom. The van der Waals surface area contributed by atoms with Crippen LogP contribution in [0.3, 0.4) is 0 Å². The van der Waals surface area contributed by atoms with E-state index in [0.29, 0.717) is 11.5 Å². The molecule has 1 amide bonds. The van der Waals surface area contributed by atoms with Gasteiger partial charge in [0.25, 0.3) is 0 Å². The zero-order valence-electron chi connectivity index (χ0n) is 13.6. The highest BCUT2D eigenvalue weighted by Gasteiger charge is 2.42. The van der Waals surface area contributed by atoms with Crippen molar-refractivity contribution in [1.82, 2.24) is 4.90 Å². The molecule has 6 nitrogen and oxygen atoms in total. The van der Waals surface area contributed by atoms with Gasteiger partial charge in [-0.25, -0.2) is 4.79 Å². The zero-order chi connectivity index (χ0) is 17.5. The highest BCUT2D eigenvalue weighted by molar-refractivity contribution is 8.00. The molecule has 1 aliphatic rings. The van der Waals surface area contributed by atoms with Gasteiger partial charge < -0.3 is 19.1 Å². The smallest absolute Gasteiger partial charge is 0.329 e. The SMILES string of the molecule is CCOC(=O)C1CSC(COc2ccc(OC)cc2)N1C(=O)CCl. The van der Waals surface area contributed by atoms with E-state index in [-0.39, 0.29) is 30.4 Å². The number of esters is 1. The van der Waals surface area contributed by atoms with E-state index < -0.39 is 12.0 Å². The third-order valence-corrected chi connectivity index (χ3v) is 4.99. The monoisotopic (exact) mass is 373 g/mol. The van der Waals surface area contributed by atoms with Crippen LogP contribution in [0, 0.1) is 0 Å². The minimum absolute atomic E-state index is 0.185. The molecule has 1 fully saturated rings. The number of hydrogen-bond donors (Lipinski definition) is 0. The molecule has 0 saturated carbocycles. The van der Waals surface area contributed by atoms with Crippen molar-refractivity contribution in [3.63, 3.8) is 0 Å². The van der Waals surface area contributed by atoms with Gasteiger partial charge in [-0.3, -0.25) is 4.79 Å². The molecular weight excluding hydrogens is 354 g/mol. The number of benzene rings is 1. The Morgan fingerprint density at radius 2 is 1.96 bits per heavy atom. The van der Waals surface area contributed by atoms with Crippen molar-refractivity contribution in [3.8, 4) is 11.5 Å². The summed E-state index contributed by atoms with van der Waals surface area (Å²) >= 11 is 7.17. The Kier molecular flexibility index (Phi) is 7.05. The van der Waals surface area contributed by atoms with Crippen LogP contribution in [0.25, 0.3) is 0 Å². The maximum atomic E-state index is 12.1. The summed E-state index contributed by atoms with van der Waals surface area (Å²) in [5.41, 5.74) is 0. The van der Waals surface area contributed by atoms with Crippen molar-refractivity contribution in [1.29, 1.82) is 0 Å². The van der Waals surface area contributed by atoms with Gasteiger partial charge in [-0.2, -0.15) is 0 Å². The van der Waals surface area contributed by atoms with Crippen molar-refractivity contribution in [3.05, 3.63) is 24.3 Å². The lowest BCUT2D eigenvalue weighted by Crippen LogP contribution is -2.48. The molecule has 0 N–H and O–H groups in total. The first-order chi connectivity index (χ1) is 11.6. The lowest BCUT2D eigenvalue weighted by Gasteiger charge is -2.27. The molecule has 24 heavy (non-hydrogen) atoms. The zero-order valence-corrected chi connectivity index (χ0v) is 15.1. The predicted octanol–water partition coefficient (Wildman–Crippen LogP) is 2.15. The van der Waals surface area contributed by atoms with Gasteiger partial charge in [0, 0.05) is 5.75 Å². The largest absolute Gasteiger partial charge is 0.497 e. The number of hydrogen-bond acceptors (Lipinski definition) is 6. The number of halogens is 1. The molecule has 1 heterocycles. The Hall–Kier alpha value is -1.60. The summed E-state index contributed by atoms with van der Waals surface area (Å²) in [6.07, 6.45) is 0. The molecule has 0 aromatic heterocycles. The molecule has 1 saturated heterocycles. The maximum Gasteiger partial charge on any atom is 0.329 e. The van der Waals surface area contributed by atoms with Crippen LogP contribution >= 0.6 is 23.4 Å². The second-order valence-electron chi connectivity index (χ2n) is 4.98. The molecule has 0 radical (unpaired) electrons. The van der Waals surface area contributed by atoms with Crippen LogP contribution in [0.1, 0.15) is 6.92 Å². The van der Waals surface area contributed by atoms with Crippen molar-refractivity contribution in [2.45, 2.75) is 18.3 Å². The summed E-state index contributed by atoms with van der Waals surface area (Å²) in [5.74, 6) is 0.972. The molecule has 1 aliphatic heterocycles. The van der Waals surface area contributed by atoms with E-state index in [1.54, 1.807) is 38.3 Å². The van der Waals surface area contributed by atoms with E-state index >= 15 is 0 Å². The quantitative estimate of drug-likeness (QED) is 0.539. The number of amides is 1. The molecule has 0 aliphatic carbocycles.